The molecule has 2 aromatic rings. The first kappa shape index (κ1) is 15.8. The van der Waals surface area contributed by atoms with Gasteiger partial charge in [0, 0.05) is 13.1 Å². The molecule has 22 heavy (non-hydrogen) atoms. The molecule has 0 radical (unpaired) electrons. The summed E-state index contributed by atoms with van der Waals surface area (Å²) in [7, 11) is 1.62. The van der Waals surface area contributed by atoms with Crippen LogP contribution in [0.4, 0.5) is 0 Å². The van der Waals surface area contributed by atoms with Gasteiger partial charge in [0.2, 0.25) is 5.91 Å². The Kier molecular flexibility index (Phi) is 5.74. The molecule has 0 aromatic heterocycles. The van der Waals surface area contributed by atoms with Crippen LogP contribution < -0.4 is 4.74 Å². The number of ether oxygens (including phenoxy) is 1. The van der Waals surface area contributed by atoms with Crippen LogP contribution in [0.5, 0.6) is 5.75 Å². The fourth-order valence-electron chi connectivity index (χ4n) is 1.82. The maximum absolute atomic E-state index is 11.6. The van der Waals surface area contributed by atoms with E-state index < -0.39 is 0 Å². The molecule has 0 bridgehead atoms. The molecule has 0 aliphatic carbocycles. The molecule has 0 fully saturated rings. The molecule has 0 heterocycles. The third-order valence-electron chi connectivity index (χ3n) is 3.04. The van der Waals surface area contributed by atoms with Crippen molar-refractivity contribution in [2.45, 2.75) is 13.5 Å². The van der Waals surface area contributed by atoms with Gasteiger partial charge in [0.15, 0.2) is 0 Å². The van der Waals surface area contributed by atoms with Crippen molar-refractivity contribution in [1.29, 1.82) is 0 Å². The molecule has 0 N–H and O–H groups in total. The monoisotopic (exact) mass is 297 g/mol. The van der Waals surface area contributed by atoms with Gasteiger partial charge < -0.3 is 4.74 Å². The lowest BCUT2D eigenvalue weighted by atomic mass is 10.2. The highest BCUT2D eigenvalue weighted by molar-refractivity contribution is 5.74. The lowest BCUT2D eigenvalue weighted by molar-refractivity contribution is -0.171. The second-order valence-corrected chi connectivity index (χ2v) is 4.69. The van der Waals surface area contributed by atoms with E-state index >= 15 is 0 Å². The van der Waals surface area contributed by atoms with E-state index in [1.807, 2.05) is 60.7 Å². The highest BCUT2D eigenvalue weighted by atomic mass is 16.7. The van der Waals surface area contributed by atoms with Gasteiger partial charge in [0.05, 0.1) is 7.11 Å². The Morgan fingerprint density at radius 1 is 1.09 bits per heavy atom. The summed E-state index contributed by atoms with van der Waals surface area (Å²) >= 11 is 0. The second kappa shape index (κ2) is 8.00. The van der Waals surface area contributed by atoms with E-state index in [0.717, 1.165) is 16.9 Å². The van der Waals surface area contributed by atoms with Crippen LogP contribution >= 0.6 is 0 Å². The van der Waals surface area contributed by atoms with Gasteiger partial charge in [-0.3, -0.25) is 9.63 Å². The summed E-state index contributed by atoms with van der Waals surface area (Å²) in [6, 6.07) is 17.3. The molecule has 4 heteroatoms. The van der Waals surface area contributed by atoms with E-state index in [4.69, 9.17) is 9.57 Å². The second-order valence-electron chi connectivity index (χ2n) is 4.69. The summed E-state index contributed by atoms with van der Waals surface area (Å²) in [6.45, 7) is 1.77. The van der Waals surface area contributed by atoms with E-state index in [1.165, 1.54) is 12.0 Å². The number of hydrogen-bond acceptors (Lipinski definition) is 3. The Morgan fingerprint density at radius 3 is 2.36 bits per heavy atom. The van der Waals surface area contributed by atoms with Crippen molar-refractivity contribution in [1.82, 2.24) is 5.06 Å². The van der Waals surface area contributed by atoms with Crippen molar-refractivity contribution >= 4 is 12.0 Å². The fourth-order valence-corrected chi connectivity index (χ4v) is 1.82. The van der Waals surface area contributed by atoms with Crippen LogP contribution in [-0.2, 0) is 16.2 Å². The van der Waals surface area contributed by atoms with Crippen molar-refractivity contribution in [3.63, 3.8) is 0 Å². The quantitative estimate of drug-likeness (QED) is 0.764. The molecule has 0 saturated carbocycles. The minimum absolute atomic E-state index is 0.180. The first-order chi connectivity index (χ1) is 10.7. The van der Waals surface area contributed by atoms with Crippen LogP contribution in [0.1, 0.15) is 18.1 Å². The Morgan fingerprint density at radius 2 is 1.77 bits per heavy atom. The first-order valence-electron chi connectivity index (χ1n) is 6.98. The predicted molar refractivity (Wildman–Crippen MR) is 85.8 cm³/mol. The molecule has 4 nitrogen and oxygen atoms in total. The lowest BCUT2D eigenvalue weighted by Gasteiger charge is -2.16. The van der Waals surface area contributed by atoms with Gasteiger partial charge in [0.25, 0.3) is 0 Å². The number of benzene rings is 2. The highest BCUT2D eigenvalue weighted by Crippen LogP contribution is 2.13. The third-order valence-corrected chi connectivity index (χ3v) is 3.04. The van der Waals surface area contributed by atoms with E-state index in [-0.39, 0.29) is 5.91 Å². The first-order valence-corrected chi connectivity index (χ1v) is 6.98. The Bertz CT molecular complexity index is 621. The number of hydroxylamine groups is 2. The molecular weight excluding hydrogens is 278 g/mol. The van der Waals surface area contributed by atoms with Gasteiger partial charge in [0.1, 0.15) is 12.4 Å². The summed E-state index contributed by atoms with van der Waals surface area (Å²) in [4.78, 5) is 17.2. The van der Waals surface area contributed by atoms with E-state index in [9.17, 15) is 4.79 Å². The third kappa shape index (κ3) is 4.75. The van der Waals surface area contributed by atoms with Crippen LogP contribution in [-0.4, -0.2) is 18.1 Å². The maximum atomic E-state index is 11.6. The molecule has 0 aliphatic heterocycles. The van der Waals surface area contributed by atoms with Crippen molar-refractivity contribution in [2.75, 3.05) is 7.11 Å². The number of hydrogen-bond donors (Lipinski definition) is 0. The largest absolute Gasteiger partial charge is 0.497 e. The molecule has 114 valence electrons. The number of amides is 1. The molecular formula is C18H19NO3. The van der Waals surface area contributed by atoms with Gasteiger partial charge in [-0.05, 0) is 29.3 Å². The zero-order valence-corrected chi connectivity index (χ0v) is 12.7. The molecule has 0 spiro atoms. The summed E-state index contributed by atoms with van der Waals surface area (Å²) in [5.41, 5.74) is 1.96. The highest BCUT2D eigenvalue weighted by Gasteiger charge is 2.06. The summed E-state index contributed by atoms with van der Waals surface area (Å²) in [5.74, 6) is 0.608. The Labute approximate surface area is 130 Å². The van der Waals surface area contributed by atoms with Crippen LogP contribution in [0.3, 0.4) is 0 Å². The molecule has 0 atom stereocenters. The van der Waals surface area contributed by atoms with Crippen LogP contribution in [0, 0.1) is 0 Å². The van der Waals surface area contributed by atoms with Crippen LogP contribution in [0.2, 0.25) is 0 Å². The van der Waals surface area contributed by atoms with Crippen LogP contribution in [0.15, 0.2) is 60.8 Å². The molecule has 1 amide bonds. The zero-order chi connectivity index (χ0) is 15.8. The van der Waals surface area contributed by atoms with Crippen molar-refractivity contribution < 1.29 is 14.4 Å². The molecule has 0 aliphatic rings. The van der Waals surface area contributed by atoms with Crippen molar-refractivity contribution in [2.24, 2.45) is 0 Å². The lowest BCUT2D eigenvalue weighted by Crippen LogP contribution is -2.22. The maximum Gasteiger partial charge on any atom is 0.247 e. The molecule has 0 unspecified atom stereocenters. The smallest absolute Gasteiger partial charge is 0.247 e. The fraction of sp³-hybridized carbons (Fsp3) is 0.167. The number of carbonyl (C=O) groups excluding carboxylic acids is 1. The normalized spacial score (nSPS) is 10.6. The summed E-state index contributed by atoms with van der Waals surface area (Å²) < 4.78 is 5.10. The van der Waals surface area contributed by atoms with Gasteiger partial charge in [-0.2, -0.15) is 5.06 Å². The summed E-state index contributed by atoms with van der Waals surface area (Å²) in [5, 5.41) is 1.23. The van der Waals surface area contributed by atoms with Gasteiger partial charge >= 0.3 is 0 Å². The number of rotatable bonds is 6. The van der Waals surface area contributed by atoms with Gasteiger partial charge in [-0.15, -0.1) is 0 Å². The molecule has 2 rings (SSSR count). The average Bonchev–Trinajstić information content (AvgIpc) is 2.56. The Balaban J connectivity index is 1.96. The average molecular weight is 297 g/mol. The van der Waals surface area contributed by atoms with E-state index in [0.29, 0.717) is 6.61 Å². The minimum atomic E-state index is -0.180. The van der Waals surface area contributed by atoms with Crippen molar-refractivity contribution in [3.05, 3.63) is 71.9 Å². The van der Waals surface area contributed by atoms with Gasteiger partial charge in [-0.25, -0.2) is 0 Å². The number of carbonyl (C=O) groups is 1. The standard InChI is InChI=1S/C18H19NO3/c1-15(20)19(13-12-16-6-4-3-5-7-16)22-14-17-8-10-18(21-2)11-9-17/h3-13H,14H2,1-2H3/b13-12+. The molecule has 0 saturated heterocycles. The van der Waals surface area contributed by atoms with Gasteiger partial charge in [-0.1, -0.05) is 42.5 Å². The Hall–Kier alpha value is -2.59. The van der Waals surface area contributed by atoms with E-state index in [2.05, 4.69) is 0 Å². The topological polar surface area (TPSA) is 38.8 Å². The minimum Gasteiger partial charge on any atom is -0.497 e. The SMILES string of the molecule is COc1ccc(CON(/C=C/c2ccccc2)C(C)=O)cc1. The molecule has 2 aromatic carbocycles. The number of methoxy groups -OCH3 is 1. The zero-order valence-electron chi connectivity index (χ0n) is 12.7. The van der Waals surface area contributed by atoms with Crippen molar-refractivity contribution in [3.8, 4) is 5.75 Å². The predicted octanol–water partition coefficient (Wildman–Crippen LogP) is 3.65. The van der Waals surface area contributed by atoms with E-state index in [1.54, 1.807) is 13.3 Å². The van der Waals surface area contributed by atoms with Crippen LogP contribution in [0.25, 0.3) is 6.08 Å². The summed E-state index contributed by atoms with van der Waals surface area (Å²) in [6.07, 6.45) is 3.45. The number of nitrogens with zero attached hydrogens (tertiary/aromatic N) is 1.